The molecule has 0 bridgehead atoms. The lowest BCUT2D eigenvalue weighted by atomic mass is 10.4. The Bertz CT molecular complexity index is 280. The van der Waals surface area contributed by atoms with E-state index in [4.69, 9.17) is 0 Å². The van der Waals surface area contributed by atoms with Gasteiger partial charge in [0.05, 0.1) is 13.0 Å². The van der Waals surface area contributed by atoms with Crippen LogP contribution < -0.4 is 5.32 Å². The summed E-state index contributed by atoms with van der Waals surface area (Å²) in [6.07, 6.45) is -1.53. The van der Waals surface area contributed by atoms with Crippen LogP contribution >= 0.6 is 0 Å². The van der Waals surface area contributed by atoms with E-state index in [-0.39, 0.29) is 6.54 Å². The predicted octanol–water partition coefficient (Wildman–Crippen LogP) is 1.46. The number of aromatic nitrogens is 2. The molecular formula is C8H12F3N3. The summed E-state index contributed by atoms with van der Waals surface area (Å²) in [4.78, 5) is 3.97. The molecule has 0 atom stereocenters. The summed E-state index contributed by atoms with van der Waals surface area (Å²) >= 11 is 0. The molecule has 0 aliphatic rings. The molecule has 6 heteroatoms. The Labute approximate surface area is 79.9 Å². The van der Waals surface area contributed by atoms with Crippen molar-refractivity contribution in [3.8, 4) is 0 Å². The molecule has 3 nitrogen and oxygen atoms in total. The zero-order chi connectivity index (χ0) is 10.6. The molecule has 0 radical (unpaired) electrons. The maximum atomic E-state index is 11.7. The first-order valence-electron chi connectivity index (χ1n) is 4.23. The van der Waals surface area contributed by atoms with E-state index in [9.17, 15) is 13.2 Å². The van der Waals surface area contributed by atoms with Crippen LogP contribution in [0, 0.1) is 0 Å². The first-order valence-corrected chi connectivity index (χ1v) is 4.23. The zero-order valence-corrected chi connectivity index (χ0v) is 7.80. The SMILES string of the molecule is Cn1ccnc1CNCCC(F)(F)F. The molecule has 14 heavy (non-hydrogen) atoms. The fourth-order valence-corrected chi connectivity index (χ4v) is 0.997. The van der Waals surface area contributed by atoms with Gasteiger partial charge in [-0.05, 0) is 0 Å². The molecule has 80 valence electrons. The summed E-state index contributed by atoms with van der Waals surface area (Å²) in [5.74, 6) is 0.729. The van der Waals surface area contributed by atoms with Crippen LogP contribution in [0.25, 0.3) is 0 Å². The third-order valence-electron chi connectivity index (χ3n) is 1.79. The quantitative estimate of drug-likeness (QED) is 0.757. The number of nitrogens with zero attached hydrogens (tertiary/aromatic N) is 2. The van der Waals surface area contributed by atoms with Gasteiger partial charge in [-0.1, -0.05) is 0 Å². The van der Waals surface area contributed by atoms with Crippen LogP contribution in [-0.2, 0) is 13.6 Å². The molecule has 1 heterocycles. The van der Waals surface area contributed by atoms with Gasteiger partial charge in [-0.15, -0.1) is 0 Å². The maximum Gasteiger partial charge on any atom is 0.390 e. The van der Waals surface area contributed by atoms with Gasteiger partial charge in [0.1, 0.15) is 5.82 Å². The average molecular weight is 207 g/mol. The van der Waals surface area contributed by atoms with E-state index in [0.717, 1.165) is 5.82 Å². The van der Waals surface area contributed by atoms with Crippen molar-refractivity contribution in [2.45, 2.75) is 19.1 Å². The van der Waals surface area contributed by atoms with E-state index in [1.54, 1.807) is 24.0 Å². The predicted molar refractivity (Wildman–Crippen MR) is 45.6 cm³/mol. The van der Waals surface area contributed by atoms with Gasteiger partial charge < -0.3 is 9.88 Å². The number of hydrogen-bond acceptors (Lipinski definition) is 2. The monoisotopic (exact) mass is 207 g/mol. The number of halogens is 3. The van der Waals surface area contributed by atoms with Crippen LogP contribution in [0.3, 0.4) is 0 Å². The molecule has 0 aliphatic heterocycles. The molecule has 0 fully saturated rings. The maximum absolute atomic E-state index is 11.7. The first-order chi connectivity index (χ1) is 6.49. The highest BCUT2D eigenvalue weighted by Crippen LogP contribution is 2.18. The Balaban J connectivity index is 2.20. The molecule has 0 unspecified atom stereocenters. The molecule has 1 aromatic rings. The number of aryl methyl sites for hydroxylation is 1. The lowest BCUT2D eigenvalue weighted by Crippen LogP contribution is -2.22. The third-order valence-corrected chi connectivity index (χ3v) is 1.79. The second kappa shape index (κ2) is 4.45. The lowest BCUT2D eigenvalue weighted by Gasteiger charge is -2.07. The normalized spacial score (nSPS) is 12.0. The highest BCUT2D eigenvalue weighted by Gasteiger charge is 2.25. The third kappa shape index (κ3) is 3.78. The van der Waals surface area contributed by atoms with Gasteiger partial charge in [0.15, 0.2) is 0 Å². The summed E-state index contributed by atoms with van der Waals surface area (Å²) in [5.41, 5.74) is 0. The van der Waals surface area contributed by atoms with Crippen LogP contribution in [0.1, 0.15) is 12.2 Å². The Morgan fingerprint density at radius 3 is 2.71 bits per heavy atom. The van der Waals surface area contributed by atoms with Crippen molar-refractivity contribution < 1.29 is 13.2 Å². The minimum atomic E-state index is -4.09. The summed E-state index contributed by atoms with van der Waals surface area (Å²) < 4.78 is 37.0. The van der Waals surface area contributed by atoms with Gasteiger partial charge >= 0.3 is 6.18 Å². The minimum absolute atomic E-state index is 0.0731. The van der Waals surface area contributed by atoms with E-state index >= 15 is 0 Å². The van der Waals surface area contributed by atoms with E-state index in [1.807, 2.05) is 0 Å². The summed E-state index contributed by atoms with van der Waals surface area (Å²) in [6, 6.07) is 0. The Kier molecular flexibility index (Phi) is 3.51. The van der Waals surface area contributed by atoms with E-state index in [2.05, 4.69) is 10.3 Å². The van der Waals surface area contributed by atoms with Gasteiger partial charge in [0, 0.05) is 26.0 Å². The summed E-state index contributed by atoms with van der Waals surface area (Å²) in [6.45, 7) is 0.288. The molecule has 1 aromatic heterocycles. The van der Waals surface area contributed by atoms with Crippen molar-refractivity contribution in [1.29, 1.82) is 0 Å². The number of nitrogens with one attached hydrogen (secondary N) is 1. The fourth-order valence-electron chi connectivity index (χ4n) is 0.997. The fraction of sp³-hybridized carbons (Fsp3) is 0.625. The number of rotatable bonds is 4. The number of hydrogen-bond donors (Lipinski definition) is 1. The zero-order valence-electron chi connectivity index (χ0n) is 7.80. The molecule has 0 saturated heterocycles. The van der Waals surface area contributed by atoms with Crippen LogP contribution in [0.4, 0.5) is 13.2 Å². The van der Waals surface area contributed by atoms with Gasteiger partial charge in [0.25, 0.3) is 0 Å². The molecule has 0 amide bonds. The topological polar surface area (TPSA) is 29.9 Å². The van der Waals surface area contributed by atoms with E-state index in [1.165, 1.54) is 0 Å². The highest BCUT2D eigenvalue weighted by atomic mass is 19.4. The van der Waals surface area contributed by atoms with Crippen molar-refractivity contribution in [3.05, 3.63) is 18.2 Å². The number of alkyl halides is 3. The first kappa shape index (κ1) is 11.0. The van der Waals surface area contributed by atoms with Crippen molar-refractivity contribution in [2.75, 3.05) is 6.54 Å². The Morgan fingerprint density at radius 1 is 1.50 bits per heavy atom. The standard InChI is InChI=1S/C8H12F3N3/c1-14-5-4-13-7(14)6-12-3-2-8(9,10)11/h4-5,12H,2-3,6H2,1H3. The molecular weight excluding hydrogens is 195 g/mol. The van der Waals surface area contributed by atoms with E-state index in [0.29, 0.717) is 6.54 Å². The Morgan fingerprint density at radius 2 is 2.21 bits per heavy atom. The van der Waals surface area contributed by atoms with Crippen molar-refractivity contribution in [2.24, 2.45) is 7.05 Å². The highest BCUT2D eigenvalue weighted by molar-refractivity contribution is 4.90. The van der Waals surface area contributed by atoms with Gasteiger partial charge in [-0.3, -0.25) is 0 Å². The second-order valence-corrected chi connectivity index (χ2v) is 3.00. The Hall–Kier alpha value is -1.04. The number of imidazole rings is 1. The van der Waals surface area contributed by atoms with Gasteiger partial charge in [-0.25, -0.2) is 4.98 Å². The van der Waals surface area contributed by atoms with Crippen molar-refractivity contribution in [3.63, 3.8) is 0 Å². The summed E-state index contributed by atoms with van der Waals surface area (Å²) in [7, 11) is 1.80. The lowest BCUT2D eigenvalue weighted by molar-refractivity contribution is -0.133. The van der Waals surface area contributed by atoms with Gasteiger partial charge in [0.2, 0.25) is 0 Å². The largest absolute Gasteiger partial charge is 0.390 e. The molecule has 1 rings (SSSR count). The second-order valence-electron chi connectivity index (χ2n) is 3.00. The van der Waals surface area contributed by atoms with Crippen LogP contribution in [-0.4, -0.2) is 22.3 Å². The minimum Gasteiger partial charge on any atom is -0.337 e. The average Bonchev–Trinajstić information content (AvgIpc) is 2.44. The molecule has 0 saturated carbocycles. The van der Waals surface area contributed by atoms with Crippen LogP contribution in [0.5, 0.6) is 0 Å². The van der Waals surface area contributed by atoms with Gasteiger partial charge in [-0.2, -0.15) is 13.2 Å². The molecule has 0 spiro atoms. The smallest absolute Gasteiger partial charge is 0.337 e. The van der Waals surface area contributed by atoms with E-state index < -0.39 is 12.6 Å². The molecule has 0 aromatic carbocycles. The van der Waals surface area contributed by atoms with Crippen LogP contribution in [0.15, 0.2) is 12.4 Å². The van der Waals surface area contributed by atoms with Crippen molar-refractivity contribution >= 4 is 0 Å². The molecule has 0 aliphatic carbocycles. The summed E-state index contributed by atoms with van der Waals surface area (Å²) in [5, 5.41) is 2.68. The molecule has 1 N–H and O–H groups in total. The van der Waals surface area contributed by atoms with Crippen LogP contribution in [0.2, 0.25) is 0 Å². The van der Waals surface area contributed by atoms with Crippen molar-refractivity contribution in [1.82, 2.24) is 14.9 Å².